The van der Waals surface area contributed by atoms with E-state index in [4.69, 9.17) is 0 Å². The molecule has 2 nitrogen and oxygen atoms in total. The van der Waals surface area contributed by atoms with Gasteiger partial charge in [0.15, 0.2) is 0 Å². The Kier molecular flexibility index (Phi) is 3.33. The highest BCUT2D eigenvalue weighted by Crippen LogP contribution is 2.31. The number of halogens is 1. The highest BCUT2D eigenvalue weighted by atomic mass is 19.1. The van der Waals surface area contributed by atoms with Crippen molar-refractivity contribution in [3.63, 3.8) is 0 Å². The molecule has 0 saturated heterocycles. The molecular weight excluding hydrogens is 251 g/mol. The summed E-state index contributed by atoms with van der Waals surface area (Å²) in [4.78, 5) is 4.08. The molecule has 20 heavy (non-hydrogen) atoms. The molecule has 0 N–H and O–H groups in total. The van der Waals surface area contributed by atoms with Crippen molar-refractivity contribution < 1.29 is 4.39 Å². The van der Waals surface area contributed by atoms with Gasteiger partial charge in [-0.25, -0.2) is 9.37 Å². The second-order valence-corrected chi connectivity index (χ2v) is 4.75. The molecule has 0 spiro atoms. The van der Waals surface area contributed by atoms with Gasteiger partial charge in [0.25, 0.3) is 0 Å². The van der Waals surface area contributed by atoms with Gasteiger partial charge in [-0.3, -0.25) is 0 Å². The molecule has 0 bridgehead atoms. The Balaban J connectivity index is 2.12. The SMILES string of the molecule is CC(c1ccccc1-c1ccccc1F)n1ccnc1. The lowest BCUT2D eigenvalue weighted by atomic mass is 9.95. The van der Waals surface area contributed by atoms with E-state index in [1.54, 1.807) is 18.6 Å². The average Bonchev–Trinajstić information content (AvgIpc) is 3.01. The van der Waals surface area contributed by atoms with E-state index in [-0.39, 0.29) is 11.9 Å². The predicted octanol–water partition coefficient (Wildman–Crippen LogP) is 4.30. The van der Waals surface area contributed by atoms with E-state index in [0.29, 0.717) is 5.56 Å². The van der Waals surface area contributed by atoms with Crippen molar-refractivity contribution >= 4 is 0 Å². The first-order chi connectivity index (χ1) is 9.77. The molecule has 0 amide bonds. The van der Waals surface area contributed by atoms with E-state index in [2.05, 4.69) is 11.9 Å². The first-order valence-electron chi connectivity index (χ1n) is 6.58. The molecule has 3 aromatic rings. The quantitative estimate of drug-likeness (QED) is 0.691. The van der Waals surface area contributed by atoms with E-state index < -0.39 is 0 Å². The number of imidazole rings is 1. The van der Waals surface area contributed by atoms with Crippen molar-refractivity contribution in [2.45, 2.75) is 13.0 Å². The molecule has 1 unspecified atom stereocenters. The van der Waals surface area contributed by atoms with E-state index >= 15 is 0 Å². The average molecular weight is 266 g/mol. The van der Waals surface area contributed by atoms with E-state index in [1.165, 1.54) is 6.07 Å². The van der Waals surface area contributed by atoms with Gasteiger partial charge < -0.3 is 4.57 Å². The fraction of sp³-hybridized carbons (Fsp3) is 0.118. The molecule has 3 heteroatoms. The maximum Gasteiger partial charge on any atom is 0.131 e. The van der Waals surface area contributed by atoms with Crippen LogP contribution in [-0.4, -0.2) is 9.55 Å². The van der Waals surface area contributed by atoms with Crippen molar-refractivity contribution in [2.24, 2.45) is 0 Å². The van der Waals surface area contributed by atoms with Crippen LogP contribution in [0.15, 0.2) is 67.3 Å². The summed E-state index contributed by atoms with van der Waals surface area (Å²) < 4.78 is 16.1. The third kappa shape index (κ3) is 2.23. The van der Waals surface area contributed by atoms with Crippen LogP contribution in [-0.2, 0) is 0 Å². The van der Waals surface area contributed by atoms with Gasteiger partial charge in [-0.1, -0.05) is 42.5 Å². The van der Waals surface area contributed by atoms with Gasteiger partial charge in [-0.15, -0.1) is 0 Å². The van der Waals surface area contributed by atoms with Crippen LogP contribution in [0.2, 0.25) is 0 Å². The van der Waals surface area contributed by atoms with Crippen LogP contribution >= 0.6 is 0 Å². The smallest absolute Gasteiger partial charge is 0.131 e. The normalized spacial score (nSPS) is 12.3. The third-order valence-electron chi connectivity index (χ3n) is 3.55. The minimum absolute atomic E-state index is 0.105. The Morgan fingerprint density at radius 3 is 2.40 bits per heavy atom. The Hall–Kier alpha value is -2.42. The van der Waals surface area contributed by atoms with Crippen LogP contribution in [0.5, 0.6) is 0 Å². The van der Waals surface area contributed by atoms with Gasteiger partial charge in [0.05, 0.1) is 12.4 Å². The summed E-state index contributed by atoms with van der Waals surface area (Å²) in [6.07, 6.45) is 5.45. The first-order valence-corrected chi connectivity index (χ1v) is 6.58. The van der Waals surface area contributed by atoms with E-state index in [9.17, 15) is 4.39 Å². The summed E-state index contributed by atoms with van der Waals surface area (Å²) >= 11 is 0. The molecular formula is C17H15FN2. The molecule has 1 atom stereocenters. The lowest BCUT2D eigenvalue weighted by Gasteiger charge is -2.18. The predicted molar refractivity (Wildman–Crippen MR) is 77.9 cm³/mol. The summed E-state index contributed by atoms with van der Waals surface area (Å²) in [6, 6.07) is 14.9. The Morgan fingerprint density at radius 2 is 1.70 bits per heavy atom. The summed E-state index contributed by atoms with van der Waals surface area (Å²) in [7, 11) is 0. The lowest BCUT2D eigenvalue weighted by molar-refractivity contribution is 0.625. The fourth-order valence-corrected chi connectivity index (χ4v) is 2.45. The molecule has 0 fully saturated rings. The van der Waals surface area contributed by atoms with Crippen molar-refractivity contribution in [1.29, 1.82) is 0 Å². The number of hydrogen-bond acceptors (Lipinski definition) is 1. The molecule has 1 aromatic heterocycles. The summed E-state index contributed by atoms with van der Waals surface area (Å²) in [6.45, 7) is 2.08. The second kappa shape index (κ2) is 5.29. The minimum Gasteiger partial charge on any atom is -0.330 e. The van der Waals surface area contributed by atoms with Gasteiger partial charge in [0.2, 0.25) is 0 Å². The lowest BCUT2D eigenvalue weighted by Crippen LogP contribution is -2.06. The Bertz CT molecular complexity index is 705. The largest absolute Gasteiger partial charge is 0.330 e. The van der Waals surface area contributed by atoms with Gasteiger partial charge >= 0.3 is 0 Å². The highest BCUT2D eigenvalue weighted by molar-refractivity contribution is 5.68. The molecule has 0 radical (unpaired) electrons. The van der Waals surface area contributed by atoms with Gasteiger partial charge in [-0.2, -0.15) is 0 Å². The Labute approximate surface area is 117 Å². The molecule has 0 saturated carbocycles. The maximum absolute atomic E-state index is 14.0. The Morgan fingerprint density at radius 1 is 1.00 bits per heavy atom. The van der Waals surface area contributed by atoms with Crippen LogP contribution in [0.4, 0.5) is 4.39 Å². The number of aromatic nitrogens is 2. The molecule has 0 aliphatic rings. The minimum atomic E-state index is -0.196. The summed E-state index contributed by atoms with van der Waals surface area (Å²) in [5.41, 5.74) is 2.64. The van der Waals surface area contributed by atoms with E-state index in [0.717, 1.165) is 11.1 Å². The van der Waals surface area contributed by atoms with E-state index in [1.807, 2.05) is 47.2 Å². The molecule has 3 rings (SSSR count). The van der Waals surface area contributed by atoms with Crippen LogP contribution in [0, 0.1) is 5.82 Å². The molecule has 0 aliphatic carbocycles. The zero-order chi connectivity index (χ0) is 13.9. The molecule has 0 aliphatic heterocycles. The van der Waals surface area contributed by atoms with Crippen molar-refractivity contribution in [3.05, 3.63) is 78.6 Å². The number of rotatable bonds is 3. The number of hydrogen-bond donors (Lipinski definition) is 0. The van der Waals surface area contributed by atoms with Crippen molar-refractivity contribution in [1.82, 2.24) is 9.55 Å². The first kappa shape index (κ1) is 12.6. The molecule has 1 heterocycles. The number of nitrogens with zero attached hydrogens (tertiary/aromatic N) is 2. The van der Waals surface area contributed by atoms with Gasteiger partial charge in [-0.05, 0) is 24.1 Å². The summed E-state index contributed by atoms with van der Waals surface area (Å²) in [5.74, 6) is -0.196. The zero-order valence-corrected chi connectivity index (χ0v) is 11.2. The van der Waals surface area contributed by atoms with Crippen molar-refractivity contribution in [3.8, 4) is 11.1 Å². The van der Waals surface area contributed by atoms with Crippen LogP contribution in [0.3, 0.4) is 0 Å². The maximum atomic E-state index is 14.0. The van der Waals surface area contributed by atoms with Crippen LogP contribution in [0.1, 0.15) is 18.5 Å². The fourth-order valence-electron chi connectivity index (χ4n) is 2.45. The third-order valence-corrected chi connectivity index (χ3v) is 3.55. The van der Waals surface area contributed by atoms with Crippen LogP contribution < -0.4 is 0 Å². The van der Waals surface area contributed by atoms with Gasteiger partial charge in [0.1, 0.15) is 5.82 Å². The topological polar surface area (TPSA) is 17.8 Å². The standard InChI is InChI=1S/C17H15FN2/c1-13(20-11-10-19-12-20)14-6-2-3-7-15(14)16-8-4-5-9-17(16)18/h2-13H,1H3. The monoisotopic (exact) mass is 266 g/mol. The number of benzene rings is 2. The molecule has 2 aromatic carbocycles. The van der Waals surface area contributed by atoms with Crippen molar-refractivity contribution in [2.75, 3.05) is 0 Å². The zero-order valence-electron chi connectivity index (χ0n) is 11.2. The second-order valence-electron chi connectivity index (χ2n) is 4.75. The molecule has 100 valence electrons. The van der Waals surface area contributed by atoms with Gasteiger partial charge in [0, 0.05) is 18.0 Å². The summed E-state index contributed by atoms with van der Waals surface area (Å²) in [5, 5.41) is 0. The van der Waals surface area contributed by atoms with Crippen LogP contribution in [0.25, 0.3) is 11.1 Å². The highest BCUT2D eigenvalue weighted by Gasteiger charge is 2.14.